The molecule has 0 aromatic heterocycles. The second-order valence-electron chi connectivity index (χ2n) is 3.46. The number of aliphatic hydroxyl groups excluding tert-OH is 1. The summed E-state index contributed by atoms with van der Waals surface area (Å²) < 4.78 is 5.03. The molecule has 3 nitrogen and oxygen atoms in total. The molecule has 1 heterocycles. The van der Waals surface area contributed by atoms with Crippen LogP contribution >= 0.6 is 0 Å². The van der Waals surface area contributed by atoms with E-state index < -0.39 is 5.97 Å². The molecule has 2 rings (SSSR count). The maximum Gasteiger partial charge on any atom is 0.347 e. The molecule has 1 N–H and O–H groups in total. The zero-order chi connectivity index (χ0) is 10.8. The van der Waals surface area contributed by atoms with Crippen molar-refractivity contribution in [3.05, 3.63) is 35.6 Å². The minimum absolute atomic E-state index is 0. The number of benzene rings is 1. The van der Waals surface area contributed by atoms with Gasteiger partial charge in [0.25, 0.3) is 0 Å². The third-order valence-corrected chi connectivity index (χ3v) is 2.34. The Morgan fingerprint density at radius 2 is 2.06 bits per heavy atom. The molecule has 1 aliphatic heterocycles. The van der Waals surface area contributed by atoms with E-state index >= 15 is 0 Å². The number of esters is 1. The fourth-order valence-electron chi connectivity index (χ4n) is 1.66. The summed E-state index contributed by atoms with van der Waals surface area (Å²) in [6.45, 7) is 1.95. The van der Waals surface area contributed by atoms with Crippen LogP contribution in [0.4, 0.5) is 0 Å². The van der Waals surface area contributed by atoms with E-state index in [2.05, 4.69) is 0 Å². The van der Waals surface area contributed by atoms with Crippen LogP contribution < -0.4 is 4.74 Å². The first-order valence-electron chi connectivity index (χ1n) is 4.97. The Kier molecular flexibility index (Phi) is 4.84. The van der Waals surface area contributed by atoms with Gasteiger partial charge in [0.15, 0.2) is 0 Å². The molecule has 1 aromatic rings. The molecule has 0 saturated carbocycles. The third kappa shape index (κ3) is 2.42. The van der Waals surface area contributed by atoms with E-state index in [1.165, 1.54) is 0 Å². The monoisotopic (exact) mass is 244 g/mol. The van der Waals surface area contributed by atoms with Gasteiger partial charge in [-0.15, -0.1) is 0 Å². The molecule has 0 spiro atoms. The predicted molar refractivity (Wildman–Crippen MR) is 62.3 cm³/mol. The Balaban J connectivity index is 0.00000128. The number of fused-ring (bicyclic) bond motifs is 1. The van der Waals surface area contributed by atoms with Crippen LogP contribution in [0.25, 0.3) is 5.57 Å². The number of hydrogen-bond acceptors (Lipinski definition) is 3. The largest absolute Gasteiger partial charge is 0.511 e. The summed E-state index contributed by atoms with van der Waals surface area (Å²) in [5, 5.41) is 9.74. The third-order valence-electron chi connectivity index (χ3n) is 2.34. The van der Waals surface area contributed by atoms with Crippen molar-refractivity contribution < 1.29 is 14.6 Å². The number of aliphatic hydroxyl groups is 1. The van der Waals surface area contributed by atoms with E-state index in [0.717, 1.165) is 6.42 Å². The van der Waals surface area contributed by atoms with Crippen molar-refractivity contribution in [1.29, 1.82) is 0 Å². The van der Waals surface area contributed by atoms with Gasteiger partial charge < -0.3 is 9.84 Å². The van der Waals surface area contributed by atoms with E-state index in [4.69, 9.17) is 4.74 Å². The fraction of sp³-hybridized carbons (Fsp3) is 0.250. The molecule has 2 radical (unpaired) electrons. The standard InChI is InChI=1S/C12H12O3.Ca/c1-2-5-9(13)11-8-6-3-4-7-10(8)15-12(11)14;/h3-4,6-7,13H,2,5H2,1H3;/b11-9-;. The van der Waals surface area contributed by atoms with Gasteiger partial charge in [0, 0.05) is 49.7 Å². The van der Waals surface area contributed by atoms with Crippen molar-refractivity contribution in [2.45, 2.75) is 19.8 Å². The summed E-state index contributed by atoms with van der Waals surface area (Å²) in [6.07, 6.45) is 1.30. The average molecular weight is 244 g/mol. The molecule has 80 valence electrons. The maximum absolute atomic E-state index is 11.5. The van der Waals surface area contributed by atoms with Gasteiger partial charge in [-0.05, 0) is 12.5 Å². The first kappa shape index (κ1) is 13.6. The molecule has 1 aliphatic rings. The van der Waals surface area contributed by atoms with Crippen LogP contribution in [0.1, 0.15) is 25.3 Å². The number of carbonyl (C=O) groups is 1. The topological polar surface area (TPSA) is 46.5 Å². The van der Waals surface area contributed by atoms with Crippen LogP contribution in [0.15, 0.2) is 30.0 Å². The Labute approximate surface area is 124 Å². The molecule has 0 bridgehead atoms. The van der Waals surface area contributed by atoms with Gasteiger partial charge in [-0.2, -0.15) is 0 Å². The van der Waals surface area contributed by atoms with Gasteiger partial charge in [-0.1, -0.05) is 25.1 Å². The van der Waals surface area contributed by atoms with Gasteiger partial charge in [0.1, 0.15) is 17.1 Å². The average Bonchev–Trinajstić information content (AvgIpc) is 2.54. The van der Waals surface area contributed by atoms with Crippen molar-refractivity contribution in [1.82, 2.24) is 0 Å². The summed E-state index contributed by atoms with van der Waals surface area (Å²) in [5.41, 5.74) is 1.00. The maximum atomic E-state index is 11.5. The Bertz CT molecular complexity index is 438. The SMILES string of the molecule is CCC/C(O)=C1/C(=O)Oc2ccccc21.[Ca]. The first-order chi connectivity index (χ1) is 7.24. The smallest absolute Gasteiger partial charge is 0.347 e. The minimum atomic E-state index is -0.456. The number of rotatable bonds is 2. The summed E-state index contributed by atoms with van der Waals surface area (Å²) in [6, 6.07) is 7.12. The van der Waals surface area contributed by atoms with Crippen molar-refractivity contribution in [3.63, 3.8) is 0 Å². The summed E-state index contributed by atoms with van der Waals surface area (Å²) >= 11 is 0. The summed E-state index contributed by atoms with van der Waals surface area (Å²) in [7, 11) is 0. The molecule has 0 fully saturated rings. The zero-order valence-electron chi connectivity index (χ0n) is 9.19. The van der Waals surface area contributed by atoms with Crippen molar-refractivity contribution >= 4 is 49.3 Å². The molecule has 1 aromatic carbocycles. The molecule has 16 heavy (non-hydrogen) atoms. The molecule has 0 saturated heterocycles. The molecule has 0 unspecified atom stereocenters. The molecule has 0 amide bonds. The van der Waals surface area contributed by atoms with E-state index in [-0.39, 0.29) is 43.5 Å². The quantitative estimate of drug-likeness (QED) is 0.285. The van der Waals surface area contributed by atoms with Crippen LogP contribution in [0.3, 0.4) is 0 Å². The van der Waals surface area contributed by atoms with Gasteiger partial charge in [-0.3, -0.25) is 0 Å². The molecular formula is C12H12CaO3. The van der Waals surface area contributed by atoms with Crippen molar-refractivity contribution in [2.75, 3.05) is 0 Å². The molecular weight excluding hydrogens is 232 g/mol. The normalized spacial score (nSPS) is 16.2. The predicted octanol–water partition coefficient (Wildman–Crippen LogP) is 2.29. The van der Waals surface area contributed by atoms with E-state index in [9.17, 15) is 9.90 Å². The van der Waals surface area contributed by atoms with E-state index in [1.807, 2.05) is 13.0 Å². The van der Waals surface area contributed by atoms with Crippen LogP contribution in [0.2, 0.25) is 0 Å². The Morgan fingerprint density at radius 3 is 2.75 bits per heavy atom. The van der Waals surface area contributed by atoms with Gasteiger partial charge in [-0.25, -0.2) is 4.79 Å². The number of allylic oxidation sites excluding steroid dienone is 1. The minimum Gasteiger partial charge on any atom is -0.511 e. The van der Waals surface area contributed by atoms with Crippen LogP contribution in [-0.2, 0) is 4.79 Å². The summed E-state index contributed by atoms with van der Waals surface area (Å²) in [5.74, 6) is 0.190. The van der Waals surface area contributed by atoms with E-state index in [1.54, 1.807) is 18.2 Å². The van der Waals surface area contributed by atoms with Gasteiger partial charge in [0.2, 0.25) is 0 Å². The van der Waals surface area contributed by atoms with Crippen molar-refractivity contribution in [3.8, 4) is 5.75 Å². The van der Waals surface area contributed by atoms with Crippen LogP contribution in [0.5, 0.6) is 5.75 Å². The van der Waals surface area contributed by atoms with Gasteiger partial charge in [0.05, 0.1) is 0 Å². The second kappa shape index (κ2) is 5.71. The van der Waals surface area contributed by atoms with E-state index in [0.29, 0.717) is 23.3 Å². The Hall–Kier alpha value is -0.510. The number of para-hydroxylation sites is 1. The molecule has 0 atom stereocenters. The molecule has 4 heteroatoms. The van der Waals surface area contributed by atoms with Crippen LogP contribution in [-0.4, -0.2) is 48.8 Å². The Morgan fingerprint density at radius 1 is 1.38 bits per heavy atom. The van der Waals surface area contributed by atoms with Crippen LogP contribution in [0, 0.1) is 0 Å². The summed E-state index contributed by atoms with van der Waals surface area (Å²) in [4.78, 5) is 11.5. The first-order valence-corrected chi connectivity index (χ1v) is 4.97. The van der Waals surface area contributed by atoms with Crippen molar-refractivity contribution in [2.24, 2.45) is 0 Å². The zero-order valence-corrected chi connectivity index (χ0v) is 11.4. The fourth-order valence-corrected chi connectivity index (χ4v) is 1.66. The van der Waals surface area contributed by atoms with Gasteiger partial charge >= 0.3 is 5.97 Å². The molecule has 0 aliphatic carbocycles. The second-order valence-corrected chi connectivity index (χ2v) is 3.46. The number of ether oxygens (including phenoxy) is 1. The number of carbonyl (C=O) groups excluding carboxylic acids is 1. The number of hydrogen-bond donors (Lipinski definition) is 1.